The Morgan fingerprint density at radius 2 is 1.56 bits per heavy atom. The normalized spacial score (nSPS) is 10.8. The summed E-state index contributed by atoms with van der Waals surface area (Å²) in [6, 6.07) is 18.4. The van der Waals surface area contributed by atoms with Gasteiger partial charge in [0.15, 0.2) is 0 Å². The van der Waals surface area contributed by atoms with E-state index in [1.807, 2.05) is 43.4 Å². The number of rotatable bonds is 3. The summed E-state index contributed by atoms with van der Waals surface area (Å²) in [7, 11) is 1.90. The summed E-state index contributed by atoms with van der Waals surface area (Å²) in [5, 5.41) is 4.37. The first-order valence-corrected chi connectivity index (χ1v) is 8.05. The van der Waals surface area contributed by atoms with Crippen LogP contribution in [-0.2, 0) is 0 Å². The van der Waals surface area contributed by atoms with E-state index in [1.54, 1.807) is 24.5 Å². The molecule has 0 saturated heterocycles. The van der Waals surface area contributed by atoms with Crippen molar-refractivity contribution in [3.05, 3.63) is 78.9 Å². The van der Waals surface area contributed by atoms with Crippen LogP contribution >= 0.6 is 0 Å². The molecule has 0 atom stereocenters. The Bertz CT molecular complexity index is 1030. The van der Waals surface area contributed by atoms with Gasteiger partial charge in [-0.3, -0.25) is 4.98 Å². The summed E-state index contributed by atoms with van der Waals surface area (Å²) in [5.74, 6) is -0.260. The zero-order valence-electron chi connectivity index (χ0n) is 13.7. The zero-order valence-corrected chi connectivity index (χ0v) is 13.7. The summed E-state index contributed by atoms with van der Waals surface area (Å²) in [5.41, 5.74) is 5.57. The zero-order chi connectivity index (χ0) is 17.2. The van der Waals surface area contributed by atoms with Gasteiger partial charge >= 0.3 is 0 Å². The largest absolute Gasteiger partial charge is 0.387 e. The minimum absolute atomic E-state index is 0.260. The fourth-order valence-electron chi connectivity index (χ4n) is 3.09. The maximum Gasteiger partial charge on any atom is 0.123 e. The van der Waals surface area contributed by atoms with Crippen LogP contribution in [0.2, 0.25) is 0 Å². The lowest BCUT2D eigenvalue weighted by molar-refractivity contribution is 0.628. The van der Waals surface area contributed by atoms with Crippen molar-refractivity contribution < 1.29 is 4.39 Å². The summed E-state index contributed by atoms with van der Waals surface area (Å²) < 4.78 is 13.4. The summed E-state index contributed by atoms with van der Waals surface area (Å²) in [6.45, 7) is 0. The summed E-state index contributed by atoms with van der Waals surface area (Å²) in [6.07, 6.45) is 3.52. The number of nitrogens with zero attached hydrogens (tertiary/aromatic N) is 2. The third kappa shape index (κ3) is 2.72. The van der Waals surface area contributed by atoms with E-state index in [9.17, 15) is 4.39 Å². The second kappa shape index (κ2) is 6.32. The molecule has 0 aliphatic heterocycles. The highest BCUT2D eigenvalue weighted by molar-refractivity contribution is 6.04. The van der Waals surface area contributed by atoms with Gasteiger partial charge in [-0.25, -0.2) is 9.37 Å². The van der Waals surface area contributed by atoms with Crippen LogP contribution in [0, 0.1) is 5.82 Å². The molecule has 4 aromatic rings. The van der Waals surface area contributed by atoms with Crippen LogP contribution in [-0.4, -0.2) is 17.0 Å². The molecule has 0 aliphatic carbocycles. The van der Waals surface area contributed by atoms with E-state index >= 15 is 0 Å². The molecule has 0 bridgehead atoms. The second-order valence-electron chi connectivity index (χ2n) is 5.72. The van der Waals surface area contributed by atoms with E-state index in [0.717, 1.165) is 39.0 Å². The van der Waals surface area contributed by atoms with Crippen molar-refractivity contribution in [1.82, 2.24) is 9.97 Å². The van der Waals surface area contributed by atoms with Gasteiger partial charge in [-0.1, -0.05) is 18.2 Å². The Hall–Kier alpha value is -3.27. The number of hydrogen-bond acceptors (Lipinski definition) is 3. The van der Waals surface area contributed by atoms with E-state index in [4.69, 9.17) is 4.98 Å². The number of nitrogens with one attached hydrogen (secondary N) is 1. The minimum Gasteiger partial charge on any atom is -0.387 e. The number of hydrogen-bond donors (Lipinski definition) is 1. The van der Waals surface area contributed by atoms with Gasteiger partial charge in [0.25, 0.3) is 0 Å². The van der Waals surface area contributed by atoms with E-state index in [2.05, 4.69) is 10.3 Å². The molecule has 0 spiro atoms. The SMILES string of the molecule is CNc1c(-c2ccncc2)c(-c2ccc(F)cc2)nc2ccccc12. The fraction of sp³-hybridized carbons (Fsp3) is 0.0476. The average molecular weight is 329 g/mol. The van der Waals surface area contributed by atoms with E-state index < -0.39 is 0 Å². The molecule has 2 heterocycles. The molecule has 2 aromatic carbocycles. The topological polar surface area (TPSA) is 37.8 Å². The van der Waals surface area contributed by atoms with Gasteiger partial charge in [-0.2, -0.15) is 0 Å². The first-order valence-electron chi connectivity index (χ1n) is 8.05. The van der Waals surface area contributed by atoms with Gasteiger partial charge in [-0.05, 0) is 48.0 Å². The number of anilines is 1. The number of fused-ring (bicyclic) bond motifs is 1. The lowest BCUT2D eigenvalue weighted by atomic mass is 9.95. The Kier molecular flexibility index (Phi) is 3.86. The molecule has 0 unspecified atom stereocenters. The maximum atomic E-state index is 13.4. The quantitative estimate of drug-likeness (QED) is 0.565. The molecule has 4 heteroatoms. The lowest BCUT2D eigenvalue weighted by Gasteiger charge is -2.17. The van der Waals surface area contributed by atoms with Crippen LogP contribution in [0.15, 0.2) is 73.1 Å². The van der Waals surface area contributed by atoms with Crippen LogP contribution in [0.25, 0.3) is 33.3 Å². The number of halogens is 1. The second-order valence-corrected chi connectivity index (χ2v) is 5.72. The fourth-order valence-corrected chi connectivity index (χ4v) is 3.09. The van der Waals surface area contributed by atoms with Crippen LogP contribution in [0.5, 0.6) is 0 Å². The van der Waals surface area contributed by atoms with Gasteiger partial charge in [-0.15, -0.1) is 0 Å². The Labute approximate surface area is 145 Å². The maximum absolute atomic E-state index is 13.4. The molecule has 0 amide bonds. The monoisotopic (exact) mass is 329 g/mol. The van der Waals surface area contributed by atoms with Gasteiger partial charge in [0.1, 0.15) is 5.82 Å². The smallest absolute Gasteiger partial charge is 0.123 e. The highest BCUT2D eigenvalue weighted by Crippen LogP contribution is 2.40. The summed E-state index contributed by atoms with van der Waals surface area (Å²) >= 11 is 0. The van der Waals surface area contributed by atoms with Crippen LogP contribution < -0.4 is 5.32 Å². The molecule has 0 saturated carbocycles. The first kappa shape index (κ1) is 15.3. The third-order valence-corrected chi connectivity index (χ3v) is 4.23. The molecule has 25 heavy (non-hydrogen) atoms. The molecule has 0 radical (unpaired) electrons. The number of benzene rings is 2. The molecular formula is C21H16FN3. The minimum atomic E-state index is -0.260. The third-order valence-electron chi connectivity index (χ3n) is 4.23. The van der Waals surface area contributed by atoms with Gasteiger partial charge in [0.2, 0.25) is 0 Å². The van der Waals surface area contributed by atoms with Crippen molar-refractivity contribution in [2.75, 3.05) is 12.4 Å². The van der Waals surface area contributed by atoms with Gasteiger partial charge < -0.3 is 5.32 Å². The molecule has 3 nitrogen and oxygen atoms in total. The van der Waals surface area contributed by atoms with Crippen molar-refractivity contribution in [3.63, 3.8) is 0 Å². The predicted octanol–water partition coefficient (Wildman–Crippen LogP) is 5.14. The average Bonchev–Trinajstić information content (AvgIpc) is 2.67. The molecule has 0 fully saturated rings. The van der Waals surface area contributed by atoms with Crippen LogP contribution in [0.1, 0.15) is 0 Å². The van der Waals surface area contributed by atoms with E-state index in [-0.39, 0.29) is 5.82 Å². The lowest BCUT2D eigenvalue weighted by Crippen LogP contribution is -1.99. The Morgan fingerprint density at radius 1 is 0.840 bits per heavy atom. The summed E-state index contributed by atoms with van der Waals surface area (Å²) in [4.78, 5) is 8.99. The number of aromatic nitrogens is 2. The van der Waals surface area contributed by atoms with Crippen molar-refractivity contribution in [2.45, 2.75) is 0 Å². The standard InChI is InChI=1S/C21H16FN3/c1-23-21-17-4-2-3-5-18(17)25-20(15-6-8-16(22)9-7-15)19(21)14-10-12-24-13-11-14/h2-13H,1H3,(H,23,25). The van der Waals surface area contributed by atoms with Crippen molar-refractivity contribution in [2.24, 2.45) is 0 Å². The number of para-hydroxylation sites is 1. The van der Waals surface area contributed by atoms with Gasteiger partial charge in [0, 0.05) is 36.0 Å². The molecular weight excluding hydrogens is 313 g/mol. The van der Waals surface area contributed by atoms with Crippen LogP contribution in [0.4, 0.5) is 10.1 Å². The van der Waals surface area contributed by atoms with Gasteiger partial charge in [0.05, 0.1) is 16.9 Å². The van der Waals surface area contributed by atoms with Crippen molar-refractivity contribution >= 4 is 16.6 Å². The van der Waals surface area contributed by atoms with E-state index in [1.165, 1.54) is 12.1 Å². The predicted molar refractivity (Wildman–Crippen MR) is 99.9 cm³/mol. The first-order chi connectivity index (χ1) is 12.3. The van der Waals surface area contributed by atoms with Crippen molar-refractivity contribution in [1.29, 1.82) is 0 Å². The highest BCUT2D eigenvalue weighted by Gasteiger charge is 2.17. The highest BCUT2D eigenvalue weighted by atomic mass is 19.1. The molecule has 2 aromatic heterocycles. The Morgan fingerprint density at radius 3 is 2.28 bits per heavy atom. The van der Waals surface area contributed by atoms with Crippen LogP contribution in [0.3, 0.4) is 0 Å². The molecule has 1 N–H and O–H groups in total. The van der Waals surface area contributed by atoms with E-state index in [0.29, 0.717) is 0 Å². The molecule has 4 rings (SSSR count). The molecule has 0 aliphatic rings. The van der Waals surface area contributed by atoms with Crippen molar-refractivity contribution in [3.8, 4) is 22.4 Å². The number of pyridine rings is 2. The Balaban J connectivity index is 2.11. The molecule has 122 valence electrons.